The van der Waals surface area contributed by atoms with Gasteiger partial charge in [-0.3, -0.25) is 14.8 Å². The first-order valence-corrected chi connectivity index (χ1v) is 7.96. The number of methoxy groups -OCH3 is 1. The lowest BCUT2D eigenvalue weighted by molar-refractivity contribution is 0.0730. The van der Waals surface area contributed by atoms with Gasteiger partial charge in [0.25, 0.3) is 5.91 Å². The summed E-state index contributed by atoms with van der Waals surface area (Å²) in [6, 6.07) is 1.71. The summed E-state index contributed by atoms with van der Waals surface area (Å²) >= 11 is 0. The highest BCUT2D eigenvalue weighted by atomic mass is 16.5. The highest BCUT2D eigenvalue weighted by molar-refractivity contribution is 5.96. The molecule has 1 aliphatic rings. The van der Waals surface area contributed by atoms with Gasteiger partial charge in [-0.2, -0.15) is 0 Å². The molecule has 0 bridgehead atoms. The summed E-state index contributed by atoms with van der Waals surface area (Å²) < 4.78 is 5.26. The summed E-state index contributed by atoms with van der Waals surface area (Å²) in [6.45, 7) is 2.14. The lowest BCUT2D eigenvalue weighted by Gasteiger charge is -2.30. The number of ether oxygens (including phenoxy) is 1. The van der Waals surface area contributed by atoms with Gasteiger partial charge in [0.2, 0.25) is 0 Å². The molecule has 0 aromatic carbocycles. The zero-order valence-electron chi connectivity index (χ0n) is 14.3. The van der Waals surface area contributed by atoms with E-state index in [1.807, 2.05) is 31.4 Å². The second-order valence-electron chi connectivity index (χ2n) is 6.23. The molecule has 0 unspecified atom stereocenters. The molecule has 1 amide bonds. The smallest absolute Gasteiger partial charge is 0.258 e. The maximum atomic E-state index is 12.8. The molecular formula is C18H22N4O2. The Kier molecular flexibility index (Phi) is 4.76. The number of fused-ring (bicyclic) bond motifs is 1. The summed E-state index contributed by atoms with van der Waals surface area (Å²) in [5.41, 5.74) is 4.24. The van der Waals surface area contributed by atoms with Crippen LogP contribution in [0.25, 0.3) is 0 Å². The van der Waals surface area contributed by atoms with Gasteiger partial charge < -0.3 is 14.5 Å². The molecular weight excluding hydrogens is 304 g/mol. The van der Waals surface area contributed by atoms with E-state index in [4.69, 9.17) is 4.74 Å². The molecule has 2 aromatic rings. The molecule has 0 atom stereocenters. The van der Waals surface area contributed by atoms with Gasteiger partial charge in [0.05, 0.1) is 18.9 Å². The Morgan fingerprint density at radius 2 is 2.12 bits per heavy atom. The van der Waals surface area contributed by atoms with Crippen molar-refractivity contribution in [3.63, 3.8) is 0 Å². The van der Waals surface area contributed by atoms with Crippen molar-refractivity contribution >= 4 is 5.91 Å². The maximum absolute atomic E-state index is 12.8. The molecule has 6 heteroatoms. The van der Waals surface area contributed by atoms with Gasteiger partial charge in [0, 0.05) is 38.2 Å². The van der Waals surface area contributed by atoms with E-state index < -0.39 is 0 Å². The van der Waals surface area contributed by atoms with Gasteiger partial charge in [-0.05, 0) is 43.3 Å². The van der Waals surface area contributed by atoms with Crippen molar-refractivity contribution in [2.75, 3.05) is 27.7 Å². The molecule has 1 aliphatic heterocycles. The van der Waals surface area contributed by atoms with E-state index >= 15 is 0 Å². The first-order valence-electron chi connectivity index (χ1n) is 7.96. The van der Waals surface area contributed by atoms with Crippen LogP contribution in [0.15, 0.2) is 30.9 Å². The summed E-state index contributed by atoms with van der Waals surface area (Å²) in [5.74, 6) is 0.477. The zero-order chi connectivity index (χ0) is 17.1. The average molecular weight is 326 g/mol. The van der Waals surface area contributed by atoms with Crippen LogP contribution < -0.4 is 4.74 Å². The molecule has 0 saturated carbocycles. The topological polar surface area (TPSA) is 58.6 Å². The quantitative estimate of drug-likeness (QED) is 0.857. The fraction of sp³-hybridized carbons (Fsp3) is 0.389. The lowest BCUT2D eigenvalue weighted by atomic mass is 9.96. The molecule has 0 aliphatic carbocycles. The molecule has 126 valence electrons. The number of pyridine rings is 2. The van der Waals surface area contributed by atoms with Crippen molar-refractivity contribution in [2.45, 2.75) is 19.5 Å². The van der Waals surface area contributed by atoms with E-state index in [0.717, 1.165) is 18.5 Å². The first-order chi connectivity index (χ1) is 11.6. The van der Waals surface area contributed by atoms with Crippen LogP contribution in [0, 0.1) is 0 Å². The number of carbonyl (C=O) groups excluding carboxylic acids is 1. The van der Waals surface area contributed by atoms with E-state index in [1.54, 1.807) is 25.6 Å². The van der Waals surface area contributed by atoms with Crippen LogP contribution in [0.1, 0.15) is 27.0 Å². The fourth-order valence-corrected chi connectivity index (χ4v) is 3.11. The van der Waals surface area contributed by atoms with E-state index in [1.165, 1.54) is 11.1 Å². The summed E-state index contributed by atoms with van der Waals surface area (Å²) in [4.78, 5) is 25.2. The third kappa shape index (κ3) is 3.23. The van der Waals surface area contributed by atoms with Crippen LogP contribution in [0.4, 0.5) is 0 Å². The van der Waals surface area contributed by atoms with Gasteiger partial charge in [0.15, 0.2) is 0 Å². The third-order valence-electron chi connectivity index (χ3n) is 4.24. The second-order valence-corrected chi connectivity index (χ2v) is 6.23. The van der Waals surface area contributed by atoms with Gasteiger partial charge in [0.1, 0.15) is 5.75 Å². The zero-order valence-corrected chi connectivity index (χ0v) is 14.3. The van der Waals surface area contributed by atoms with E-state index in [-0.39, 0.29) is 5.91 Å². The van der Waals surface area contributed by atoms with Crippen LogP contribution in [-0.4, -0.2) is 53.4 Å². The Bertz CT molecular complexity index is 746. The molecule has 0 fully saturated rings. The Labute approximate surface area is 142 Å². The monoisotopic (exact) mass is 326 g/mol. The predicted molar refractivity (Wildman–Crippen MR) is 90.9 cm³/mol. The van der Waals surface area contributed by atoms with Crippen molar-refractivity contribution in [3.05, 3.63) is 53.1 Å². The minimum absolute atomic E-state index is 0.0297. The van der Waals surface area contributed by atoms with Crippen LogP contribution in [0.3, 0.4) is 0 Å². The van der Waals surface area contributed by atoms with Gasteiger partial charge in [-0.25, -0.2) is 0 Å². The lowest BCUT2D eigenvalue weighted by Crippen LogP contribution is -2.37. The molecule has 3 heterocycles. The number of amides is 1. The van der Waals surface area contributed by atoms with Crippen molar-refractivity contribution in [1.82, 2.24) is 19.8 Å². The Morgan fingerprint density at radius 1 is 1.29 bits per heavy atom. The minimum atomic E-state index is -0.0297. The molecule has 0 N–H and O–H groups in total. The van der Waals surface area contributed by atoms with Crippen molar-refractivity contribution in [1.29, 1.82) is 0 Å². The summed E-state index contributed by atoms with van der Waals surface area (Å²) in [6.07, 6.45) is 7.84. The first kappa shape index (κ1) is 16.4. The molecule has 0 spiro atoms. The SMILES string of the molecule is COc1cnccc1C(=O)N1CCc2c(CN(C)C)cncc2C1. The van der Waals surface area contributed by atoms with Gasteiger partial charge in [-0.1, -0.05) is 0 Å². The van der Waals surface area contributed by atoms with Gasteiger partial charge in [-0.15, -0.1) is 0 Å². The van der Waals surface area contributed by atoms with Crippen LogP contribution in [0.5, 0.6) is 5.75 Å². The molecule has 3 rings (SSSR count). The van der Waals surface area contributed by atoms with Crippen molar-refractivity contribution < 1.29 is 9.53 Å². The molecule has 2 aromatic heterocycles. The maximum Gasteiger partial charge on any atom is 0.258 e. The van der Waals surface area contributed by atoms with E-state index in [0.29, 0.717) is 24.4 Å². The van der Waals surface area contributed by atoms with Crippen LogP contribution in [0.2, 0.25) is 0 Å². The average Bonchev–Trinajstić information content (AvgIpc) is 2.60. The Hall–Kier alpha value is -2.47. The summed E-state index contributed by atoms with van der Waals surface area (Å²) in [5, 5.41) is 0. The fourth-order valence-electron chi connectivity index (χ4n) is 3.11. The number of carbonyl (C=O) groups is 1. The standard InChI is InChI=1S/C18H22N4O2/c1-21(2)11-13-8-20-9-14-12-22(7-5-15(13)14)18(23)16-4-6-19-10-17(16)24-3/h4,6,8-10H,5,7,11-12H2,1-3H3. The number of nitrogens with zero attached hydrogens (tertiary/aromatic N) is 4. The number of hydrogen-bond acceptors (Lipinski definition) is 5. The van der Waals surface area contributed by atoms with Crippen LogP contribution >= 0.6 is 0 Å². The van der Waals surface area contributed by atoms with E-state index in [9.17, 15) is 4.79 Å². The predicted octanol–water partition coefficient (Wildman–Crippen LogP) is 1.75. The Morgan fingerprint density at radius 3 is 2.88 bits per heavy atom. The van der Waals surface area contributed by atoms with Crippen molar-refractivity contribution in [3.8, 4) is 5.75 Å². The number of aromatic nitrogens is 2. The van der Waals surface area contributed by atoms with Crippen molar-refractivity contribution in [2.24, 2.45) is 0 Å². The minimum Gasteiger partial charge on any atom is -0.494 e. The largest absolute Gasteiger partial charge is 0.494 e. The van der Waals surface area contributed by atoms with E-state index in [2.05, 4.69) is 14.9 Å². The molecule has 24 heavy (non-hydrogen) atoms. The summed E-state index contributed by atoms with van der Waals surface area (Å²) in [7, 11) is 5.65. The number of hydrogen-bond donors (Lipinski definition) is 0. The molecule has 0 radical (unpaired) electrons. The normalized spacial score (nSPS) is 13.8. The third-order valence-corrected chi connectivity index (χ3v) is 4.24. The van der Waals surface area contributed by atoms with Gasteiger partial charge >= 0.3 is 0 Å². The van der Waals surface area contributed by atoms with Crippen LogP contribution in [-0.2, 0) is 19.5 Å². The molecule has 6 nitrogen and oxygen atoms in total. The Balaban J connectivity index is 1.84. The highest BCUT2D eigenvalue weighted by Gasteiger charge is 2.25. The highest BCUT2D eigenvalue weighted by Crippen LogP contribution is 2.25. The molecule has 0 saturated heterocycles. The number of rotatable bonds is 4. The second kappa shape index (κ2) is 6.97.